The molecule has 1 aromatic carbocycles. The van der Waals surface area contributed by atoms with Gasteiger partial charge < -0.3 is 15.5 Å². The van der Waals surface area contributed by atoms with Crippen molar-refractivity contribution in [2.24, 2.45) is 0 Å². The summed E-state index contributed by atoms with van der Waals surface area (Å²) in [4.78, 5) is 15.3. The Kier molecular flexibility index (Phi) is 5.84. The highest BCUT2D eigenvalue weighted by Gasteiger charge is 2.26. The third kappa shape index (κ3) is 4.02. The zero-order valence-electron chi connectivity index (χ0n) is 15.5. The first kappa shape index (κ1) is 19.1. The number of nitrogens with one attached hydrogen (secondary N) is 2. The van der Waals surface area contributed by atoms with Crippen molar-refractivity contribution in [1.29, 1.82) is 0 Å². The molecule has 7 nitrogen and oxygen atoms in total. The van der Waals surface area contributed by atoms with E-state index >= 15 is 0 Å². The van der Waals surface area contributed by atoms with Crippen LogP contribution in [0.4, 0.5) is 5.69 Å². The minimum atomic E-state index is -3.58. The van der Waals surface area contributed by atoms with Crippen LogP contribution in [0, 0.1) is 0 Å². The van der Waals surface area contributed by atoms with Gasteiger partial charge in [-0.05, 0) is 50.4 Å². The zero-order chi connectivity index (χ0) is 18.7. The molecule has 26 heavy (non-hydrogen) atoms. The summed E-state index contributed by atoms with van der Waals surface area (Å²) in [6.07, 6.45) is 4.14. The van der Waals surface area contributed by atoms with Gasteiger partial charge in [-0.25, -0.2) is 12.7 Å². The van der Waals surface area contributed by atoms with Crippen LogP contribution in [-0.4, -0.2) is 64.9 Å². The molecule has 2 saturated heterocycles. The van der Waals surface area contributed by atoms with Gasteiger partial charge in [-0.15, -0.1) is 0 Å². The van der Waals surface area contributed by atoms with Gasteiger partial charge in [0.15, 0.2) is 0 Å². The molecule has 3 rings (SSSR count). The first-order valence-electron chi connectivity index (χ1n) is 9.22. The molecule has 0 radical (unpaired) electrons. The number of nitrogens with zero attached hydrogens (tertiary/aromatic N) is 2. The lowest BCUT2D eigenvalue weighted by Gasteiger charge is -2.26. The predicted molar refractivity (Wildman–Crippen MR) is 102 cm³/mol. The molecule has 2 fully saturated rings. The minimum absolute atomic E-state index is 0.0804. The van der Waals surface area contributed by atoms with E-state index in [9.17, 15) is 13.2 Å². The number of anilines is 1. The molecular weight excluding hydrogens is 352 g/mol. The third-order valence-electron chi connectivity index (χ3n) is 5.07. The van der Waals surface area contributed by atoms with E-state index in [-0.39, 0.29) is 16.8 Å². The summed E-state index contributed by atoms with van der Waals surface area (Å²) in [6, 6.07) is 4.98. The van der Waals surface area contributed by atoms with Crippen molar-refractivity contribution in [2.75, 3.05) is 45.2 Å². The molecule has 2 heterocycles. The van der Waals surface area contributed by atoms with E-state index in [4.69, 9.17) is 0 Å². The normalized spacial score (nSPS) is 21.2. The fourth-order valence-electron chi connectivity index (χ4n) is 3.54. The quantitative estimate of drug-likeness (QED) is 0.797. The highest BCUT2D eigenvalue weighted by atomic mass is 32.2. The number of hydrogen-bond donors (Lipinski definition) is 2. The Balaban J connectivity index is 1.93. The van der Waals surface area contributed by atoms with Gasteiger partial charge in [0, 0.05) is 45.5 Å². The Bertz CT molecular complexity index is 752. The average molecular weight is 381 g/mol. The van der Waals surface area contributed by atoms with Crippen LogP contribution in [0.15, 0.2) is 23.1 Å². The van der Waals surface area contributed by atoms with Gasteiger partial charge in [0.2, 0.25) is 10.0 Å². The Hall–Kier alpha value is -1.64. The summed E-state index contributed by atoms with van der Waals surface area (Å²) in [5.74, 6) is -0.198. The van der Waals surface area contributed by atoms with Gasteiger partial charge in [0.25, 0.3) is 5.91 Å². The minimum Gasteiger partial charge on any atom is -0.371 e. The number of sulfonamides is 1. The van der Waals surface area contributed by atoms with Gasteiger partial charge in [-0.2, -0.15) is 0 Å². The predicted octanol–water partition coefficient (Wildman–Crippen LogP) is 1.02. The maximum absolute atomic E-state index is 13.0. The van der Waals surface area contributed by atoms with Gasteiger partial charge >= 0.3 is 0 Å². The van der Waals surface area contributed by atoms with E-state index in [1.807, 2.05) is 0 Å². The first-order chi connectivity index (χ1) is 12.4. The molecule has 0 unspecified atom stereocenters. The van der Waals surface area contributed by atoms with E-state index in [1.165, 1.54) is 24.5 Å². The topological polar surface area (TPSA) is 81.8 Å². The van der Waals surface area contributed by atoms with Crippen LogP contribution in [0.2, 0.25) is 0 Å². The number of carbonyl (C=O) groups excluding carboxylic acids is 1. The Morgan fingerprint density at radius 2 is 1.96 bits per heavy atom. The molecule has 0 spiro atoms. The summed E-state index contributed by atoms with van der Waals surface area (Å²) in [7, 11) is -0.589. The summed E-state index contributed by atoms with van der Waals surface area (Å²) in [5.41, 5.74) is 1.27. The van der Waals surface area contributed by atoms with Gasteiger partial charge in [0.1, 0.15) is 0 Å². The highest BCUT2D eigenvalue weighted by Crippen LogP contribution is 2.28. The van der Waals surface area contributed by atoms with Crippen LogP contribution < -0.4 is 15.5 Å². The van der Waals surface area contributed by atoms with Crippen LogP contribution >= 0.6 is 0 Å². The maximum atomic E-state index is 13.0. The summed E-state index contributed by atoms with van der Waals surface area (Å²) in [5, 5.41) is 6.35. The third-order valence-corrected chi connectivity index (χ3v) is 6.88. The SMILES string of the molecule is CN(C)S(=O)(=O)c1ccc(N2CCCC2)c(C(=O)N[C@H]2CCCNC2)c1. The maximum Gasteiger partial charge on any atom is 0.253 e. The van der Waals surface area contributed by atoms with Crippen LogP contribution in [0.3, 0.4) is 0 Å². The molecule has 1 aromatic rings. The number of hydrogen-bond acceptors (Lipinski definition) is 5. The molecule has 1 amide bonds. The number of amides is 1. The number of carbonyl (C=O) groups is 1. The van der Waals surface area contributed by atoms with Crippen LogP contribution in [-0.2, 0) is 10.0 Å². The van der Waals surface area contributed by atoms with E-state index in [0.717, 1.165) is 57.5 Å². The Morgan fingerprint density at radius 3 is 2.58 bits per heavy atom. The average Bonchev–Trinajstić information content (AvgIpc) is 3.16. The number of benzene rings is 1. The molecule has 0 aromatic heterocycles. The van der Waals surface area contributed by atoms with Crippen LogP contribution in [0.1, 0.15) is 36.0 Å². The second kappa shape index (κ2) is 7.94. The molecule has 2 aliphatic heterocycles. The van der Waals surface area contributed by atoms with E-state index < -0.39 is 10.0 Å². The van der Waals surface area contributed by atoms with Crippen molar-refractivity contribution >= 4 is 21.6 Å². The summed E-state index contributed by atoms with van der Waals surface area (Å²) < 4.78 is 26.2. The van der Waals surface area contributed by atoms with E-state index in [1.54, 1.807) is 12.1 Å². The molecule has 0 saturated carbocycles. The molecule has 0 aliphatic carbocycles. The lowest BCUT2D eigenvalue weighted by Crippen LogP contribution is -2.45. The van der Waals surface area contributed by atoms with Crippen molar-refractivity contribution in [1.82, 2.24) is 14.9 Å². The van der Waals surface area contributed by atoms with Gasteiger partial charge in [-0.3, -0.25) is 4.79 Å². The van der Waals surface area contributed by atoms with E-state index in [0.29, 0.717) is 5.56 Å². The number of rotatable bonds is 5. The molecule has 0 bridgehead atoms. The summed E-state index contributed by atoms with van der Waals surface area (Å²) in [6.45, 7) is 3.51. The van der Waals surface area contributed by atoms with Crippen molar-refractivity contribution in [3.05, 3.63) is 23.8 Å². The summed E-state index contributed by atoms with van der Waals surface area (Å²) >= 11 is 0. The van der Waals surface area contributed by atoms with Crippen molar-refractivity contribution < 1.29 is 13.2 Å². The molecule has 8 heteroatoms. The van der Waals surface area contributed by atoms with E-state index in [2.05, 4.69) is 15.5 Å². The lowest BCUT2D eigenvalue weighted by molar-refractivity contribution is 0.0931. The first-order valence-corrected chi connectivity index (χ1v) is 10.7. The Labute approximate surface area is 155 Å². The smallest absolute Gasteiger partial charge is 0.253 e. The van der Waals surface area contributed by atoms with Crippen LogP contribution in [0.25, 0.3) is 0 Å². The van der Waals surface area contributed by atoms with Gasteiger partial charge in [0.05, 0.1) is 10.5 Å². The fourth-order valence-corrected chi connectivity index (χ4v) is 4.47. The molecule has 2 N–H and O–H groups in total. The second-order valence-corrected chi connectivity index (χ2v) is 9.33. The standard InChI is InChI=1S/C18H28N4O3S/c1-21(2)26(24,25)15-7-8-17(22-10-3-4-11-22)16(12-15)18(23)20-14-6-5-9-19-13-14/h7-8,12,14,19H,3-6,9-11,13H2,1-2H3,(H,20,23)/t14-/m0/s1. The molecular formula is C18H28N4O3S. The van der Waals surface area contributed by atoms with Gasteiger partial charge in [-0.1, -0.05) is 0 Å². The molecule has 144 valence electrons. The van der Waals surface area contributed by atoms with Crippen molar-refractivity contribution in [2.45, 2.75) is 36.6 Å². The second-order valence-electron chi connectivity index (χ2n) is 7.18. The Morgan fingerprint density at radius 1 is 1.23 bits per heavy atom. The molecule has 2 aliphatic rings. The monoisotopic (exact) mass is 380 g/mol. The van der Waals surface area contributed by atoms with Crippen molar-refractivity contribution in [3.8, 4) is 0 Å². The lowest BCUT2D eigenvalue weighted by atomic mass is 10.1. The van der Waals surface area contributed by atoms with Crippen LogP contribution in [0.5, 0.6) is 0 Å². The largest absolute Gasteiger partial charge is 0.371 e. The number of piperidine rings is 1. The molecule has 1 atom stereocenters. The highest BCUT2D eigenvalue weighted by molar-refractivity contribution is 7.89. The fraction of sp³-hybridized carbons (Fsp3) is 0.611. The van der Waals surface area contributed by atoms with Crippen molar-refractivity contribution in [3.63, 3.8) is 0 Å². The zero-order valence-corrected chi connectivity index (χ0v) is 16.3.